The van der Waals surface area contributed by atoms with Crippen molar-refractivity contribution in [1.29, 1.82) is 0 Å². The van der Waals surface area contributed by atoms with Crippen molar-refractivity contribution in [3.05, 3.63) is 69.1 Å². The van der Waals surface area contributed by atoms with Crippen molar-refractivity contribution >= 4 is 17.2 Å². The van der Waals surface area contributed by atoms with Crippen LogP contribution in [0, 0.1) is 11.6 Å². The van der Waals surface area contributed by atoms with Crippen LogP contribution in [0.3, 0.4) is 0 Å². The van der Waals surface area contributed by atoms with Gasteiger partial charge < -0.3 is 19.1 Å². The number of likely N-dealkylation sites (tertiary alicyclic amines) is 1. The molecule has 2 aliphatic rings. The summed E-state index contributed by atoms with van der Waals surface area (Å²) in [5, 5.41) is 2.58. The zero-order valence-corrected chi connectivity index (χ0v) is 20.5. The summed E-state index contributed by atoms with van der Waals surface area (Å²) in [6.45, 7) is -0.152. The summed E-state index contributed by atoms with van der Waals surface area (Å²) >= 11 is 1.40. The third-order valence-corrected chi connectivity index (χ3v) is 7.34. The number of ether oxygens (including phenoxy) is 3. The van der Waals surface area contributed by atoms with Gasteiger partial charge in [0.1, 0.15) is 17.3 Å². The van der Waals surface area contributed by atoms with Gasteiger partial charge in [0.15, 0.2) is 6.61 Å². The Hall–Kier alpha value is -3.23. The van der Waals surface area contributed by atoms with Crippen LogP contribution < -0.4 is 4.74 Å². The Labute approximate surface area is 217 Å². The standard InChI is InChI=1S/C24H21F5N4O4S/c25-16-1-2-17(26)15-10-37-23(36-9-14(15)16)18-12-38-22(32-18)13-3-7-33(8-4-13)19(34)11-35-21-20(24(27,28)29)30-5-6-31-21/h1-2,5-6,12-13,23H,3-4,7-11H2. The Morgan fingerprint density at radius 1 is 1.05 bits per heavy atom. The molecule has 3 aromatic rings. The molecule has 0 saturated carbocycles. The Balaban J connectivity index is 1.15. The van der Waals surface area contributed by atoms with Gasteiger partial charge in [0.2, 0.25) is 17.9 Å². The Morgan fingerprint density at radius 2 is 1.68 bits per heavy atom. The van der Waals surface area contributed by atoms with Gasteiger partial charge in [0.05, 0.1) is 18.2 Å². The molecule has 0 N–H and O–H groups in total. The van der Waals surface area contributed by atoms with Crippen LogP contribution in [-0.2, 0) is 33.7 Å². The van der Waals surface area contributed by atoms with Gasteiger partial charge in [-0.1, -0.05) is 0 Å². The molecule has 2 aromatic heterocycles. The van der Waals surface area contributed by atoms with Gasteiger partial charge in [-0.05, 0) is 25.0 Å². The third-order valence-electron chi connectivity index (χ3n) is 6.32. The number of hydrogen-bond acceptors (Lipinski definition) is 8. The molecule has 0 bridgehead atoms. The van der Waals surface area contributed by atoms with E-state index in [2.05, 4.69) is 15.0 Å². The minimum atomic E-state index is -4.75. The largest absolute Gasteiger partial charge is 0.466 e. The van der Waals surface area contributed by atoms with E-state index in [4.69, 9.17) is 14.2 Å². The molecule has 1 saturated heterocycles. The topological polar surface area (TPSA) is 86.7 Å². The van der Waals surface area contributed by atoms with E-state index in [-0.39, 0.29) is 30.3 Å². The number of halogens is 5. The molecule has 0 atom stereocenters. The first kappa shape index (κ1) is 26.4. The molecular formula is C24H21F5N4O4S. The molecule has 1 amide bonds. The predicted octanol–water partition coefficient (Wildman–Crippen LogP) is 4.76. The fraction of sp³-hybridized carbons (Fsp3) is 0.417. The number of fused-ring (bicyclic) bond motifs is 1. The summed E-state index contributed by atoms with van der Waals surface area (Å²) in [6.07, 6.45) is -2.49. The predicted molar refractivity (Wildman–Crippen MR) is 122 cm³/mol. The molecule has 5 rings (SSSR count). The zero-order valence-electron chi connectivity index (χ0n) is 19.7. The van der Waals surface area contributed by atoms with Crippen molar-refractivity contribution in [2.45, 2.75) is 44.4 Å². The van der Waals surface area contributed by atoms with Crippen molar-refractivity contribution in [2.75, 3.05) is 19.7 Å². The average molecular weight is 557 g/mol. The number of benzene rings is 1. The molecule has 1 fully saturated rings. The summed E-state index contributed by atoms with van der Waals surface area (Å²) in [7, 11) is 0. The van der Waals surface area contributed by atoms with Gasteiger partial charge in [-0.3, -0.25) is 4.79 Å². The fourth-order valence-corrected chi connectivity index (χ4v) is 5.30. The fourth-order valence-electron chi connectivity index (χ4n) is 4.30. The van der Waals surface area contributed by atoms with Gasteiger partial charge in [0, 0.05) is 47.9 Å². The van der Waals surface area contributed by atoms with Crippen molar-refractivity contribution < 1.29 is 41.0 Å². The van der Waals surface area contributed by atoms with E-state index in [1.54, 1.807) is 5.38 Å². The smallest absolute Gasteiger partial charge is 0.438 e. The third kappa shape index (κ3) is 5.61. The number of nitrogens with zero attached hydrogens (tertiary/aromatic N) is 4. The van der Waals surface area contributed by atoms with E-state index in [0.717, 1.165) is 29.5 Å². The number of alkyl halides is 3. The van der Waals surface area contributed by atoms with E-state index in [9.17, 15) is 26.7 Å². The van der Waals surface area contributed by atoms with E-state index < -0.39 is 48.2 Å². The van der Waals surface area contributed by atoms with Crippen LogP contribution in [0.25, 0.3) is 0 Å². The molecule has 4 heterocycles. The van der Waals surface area contributed by atoms with Crippen LogP contribution in [0.4, 0.5) is 22.0 Å². The highest BCUT2D eigenvalue weighted by molar-refractivity contribution is 7.09. The molecular weight excluding hydrogens is 535 g/mol. The number of carbonyl (C=O) groups is 1. The Bertz CT molecular complexity index is 1280. The maximum atomic E-state index is 14.1. The normalized spacial score (nSPS) is 17.2. The highest BCUT2D eigenvalue weighted by atomic mass is 32.1. The first-order chi connectivity index (χ1) is 18.2. The maximum absolute atomic E-state index is 14.1. The van der Waals surface area contributed by atoms with Gasteiger partial charge in [-0.15, -0.1) is 11.3 Å². The number of hydrogen-bond donors (Lipinski definition) is 0. The summed E-state index contributed by atoms with van der Waals surface area (Å²) in [5.41, 5.74) is -0.544. The van der Waals surface area contributed by atoms with Crippen LogP contribution >= 0.6 is 11.3 Å². The van der Waals surface area contributed by atoms with E-state index in [0.29, 0.717) is 31.6 Å². The number of thiazole rings is 1. The molecule has 0 unspecified atom stereocenters. The molecule has 14 heteroatoms. The van der Waals surface area contributed by atoms with E-state index in [1.165, 1.54) is 16.2 Å². The molecule has 2 aliphatic heterocycles. The maximum Gasteiger partial charge on any atom is 0.438 e. The number of amides is 1. The summed E-state index contributed by atoms with van der Waals surface area (Å²) < 4.78 is 83.7. The second kappa shape index (κ2) is 10.9. The Kier molecular flexibility index (Phi) is 7.54. The molecule has 202 valence electrons. The lowest BCUT2D eigenvalue weighted by atomic mass is 9.97. The lowest BCUT2D eigenvalue weighted by Gasteiger charge is -2.31. The van der Waals surface area contributed by atoms with E-state index in [1.807, 2.05) is 0 Å². The van der Waals surface area contributed by atoms with Gasteiger partial charge >= 0.3 is 6.18 Å². The van der Waals surface area contributed by atoms with E-state index >= 15 is 0 Å². The highest BCUT2D eigenvalue weighted by Gasteiger charge is 2.37. The number of carbonyl (C=O) groups excluding carboxylic acids is 1. The molecule has 0 spiro atoms. The van der Waals surface area contributed by atoms with Crippen molar-refractivity contribution in [1.82, 2.24) is 19.9 Å². The quantitative estimate of drug-likeness (QED) is 0.419. The molecule has 0 radical (unpaired) electrons. The van der Waals surface area contributed by atoms with Gasteiger partial charge in [-0.25, -0.2) is 23.7 Å². The second-order valence-electron chi connectivity index (χ2n) is 8.70. The Morgan fingerprint density at radius 3 is 2.32 bits per heavy atom. The summed E-state index contributed by atoms with van der Waals surface area (Å²) in [6, 6.07) is 2.11. The molecule has 38 heavy (non-hydrogen) atoms. The second-order valence-corrected chi connectivity index (χ2v) is 9.59. The van der Waals surface area contributed by atoms with Crippen LogP contribution in [0.5, 0.6) is 5.88 Å². The first-order valence-corrected chi connectivity index (χ1v) is 12.5. The van der Waals surface area contributed by atoms with Crippen LogP contribution in [0.1, 0.15) is 52.6 Å². The molecule has 0 aliphatic carbocycles. The van der Waals surface area contributed by atoms with Crippen molar-refractivity contribution in [3.8, 4) is 5.88 Å². The van der Waals surface area contributed by atoms with Crippen LogP contribution in [-0.4, -0.2) is 45.5 Å². The van der Waals surface area contributed by atoms with Crippen LogP contribution in [0.15, 0.2) is 29.9 Å². The minimum absolute atomic E-state index is 0.0494. The van der Waals surface area contributed by atoms with Gasteiger partial charge in [-0.2, -0.15) is 13.2 Å². The summed E-state index contributed by atoms with van der Waals surface area (Å²) in [5.74, 6) is -2.27. The van der Waals surface area contributed by atoms with Gasteiger partial charge in [0.25, 0.3) is 5.91 Å². The van der Waals surface area contributed by atoms with Crippen LogP contribution in [0.2, 0.25) is 0 Å². The zero-order chi connectivity index (χ0) is 26.9. The van der Waals surface area contributed by atoms with Crippen molar-refractivity contribution in [2.24, 2.45) is 0 Å². The monoisotopic (exact) mass is 556 g/mol. The molecule has 1 aromatic carbocycles. The number of rotatable bonds is 5. The first-order valence-electron chi connectivity index (χ1n) is 11.6. The number of aromatic nitrogens is 3. The lowest BCUT2D eigenvalue weighted by molar-refractivity contribution is -0.155. The van der Waals surface area contributed by atoms with Crippen molar-refractivity contribution in [3.63, 3.8) is 0 Å². The minimum Gasteiger partial charge on any atom is -0.466 e. The SMILES string of the molecule is O=C(COc1nccnc1C(F)(F)F)N1CCC(c2nc(C3OCc4c(F)ccc(F)c4CO3)cs2)CC1. The highest BCUT2D eigenvalue weighted by Crippen LogP contribution is 2.35. The average Bonchev–Trinajstić information content (AvgIpc) is 3.28. The molecule has 8 nitrogen and oxygen atoms in total. The lowest BCUT2D eigenvalue weighted by Crippen LogP contribution is -2.40. The summed E-state index contributed by atoms with van der Waals surface area (Å²) in [4.78, 5) is 25.5. The number of piperidine rings is 1.